The fraction of sp³-hybridized carbons (Fsp3) is 0.944. The van der Waals surface area contributed by atoms with Gasteiger partial charge in [-0.1, -0.05) is 47.0 Å². The highest BCUT2D eigenvalue weighted by atomic mass is 16.2. The maximum absolute atomic E-state index is 12.9. The van der Waals surface area contributed by atoms with Crippen molar-refractivity contribution in [3.05, 3.63) is 0 Å². The fourth-order valence-electron chi connectivity index (χ4n) is 5.04. The highest BCUT2D eigenvalue weighted by Gasteiger charge is 2.43. The van der Waals surface area contributed by atoms with Gasteiger partial charge in [-0.05, 0) is 42.9 Å². The summed E-state index contributed by atoms with van der Waals surface area (Å²) in [6, 6.07) is 0.307. The van der Waals surface area contributed by atoms with Crippen molar-refractivity contribution in [2.24, 2.45) is 22.0 Å². The first-order valence-electron chi connectivity index (χ1n) is 8.69. The van der Waals surface area contributed by atoms with Gasteiger partial charge in [0, 0.05) is 12.6 Å². The zero-order valence-electron chi connectivity index (χ0n) is 14.4. The van der Waals surface area contributed by atoms with Gasteiger partial charge in [-0.15, -0.1) is 0 Å². The van der Waals surface area contributed by atoms with Crippen LogP contribution in [0.3, 0.4) is 0 Å². The topological polar surface area (TPSA) is 55.1 Å². The summed E-state index contributed by atoms with van der Waals surface area (Å²) in [5.41, 5.74) is 6.32. The molecule has 2 aliphatic carbocycles. The van der Waals surface area contributed by atoms with E-state index in [1.54, 1.807) is 0 Å². The maximum Gasteiger partial charge on any atom is 0.227 e. The highest BCUT2D eigenvalue weighted by molar-refractivity contribution is 5.83. The molecule has 2 aliphatic rings. The number of carbonyl (C=O) groups is 1. The quantitative estimate of drug-likeness (QED) is 0.835. The molecular formula is C18H34N2O. The van der Waals surface area contributed by atoms with E-state index in [9.17, 15) is 4.79 Å². The van der Waals surface area contributed by atoms with Gasteiger partial charge >= 0.3 is 0 Å². The van der Waals surface area contributed by atoms with Crippen LogP contribution in [0.2, 0.25) is 0 Å². The molecule has 0 aliphatic heterocycles. The summed E-state index contributed by atoms with van der Waals surface area (Å²) in [6.45, 7) is 9.80. The largest absolute Gasteiger partial charge is 0.353 e. The van der Waals surface area contributed by atoms with Gasteiger partial charge in [-0.3, -0.25) is 4.79 Å². The lowest BCUT2D eigenvalue weighted by Gasteiger charge is -2.46. The number of nitrogens with one attached hydrogen (secondary N) is 1. The summed E-state index contributed by atoms with van der Waals surface area (Å²) in [5, 5.41) is 3.37. The van der Waals surface area contributed by atoms with E-state index >= 15 is 0 Å². The molecule has 0 saturated heterocycles. The lowest BCUT2D eigenvalue weighted by Crippen LogP contribution is -2.53. The number of hydrogen-bond donors (Lipinski definition) is 2. The van der Waals surface area contributed by atoms with Gasteiger partial charge in [-0.25, -0.2) is 0 Å². The lowest BCUT2D eigenvalue weighted by molar-refractivity contribution is -0.134. The molecule has 0 heterocycles. The first-order chi connectivity index (χ1) is 9.68. The monoisotopic (exact) mass is 294 g/mol. The van der Waals surface area contributed by atoms with E-state index in [2.05, 4.69) is 33.0 Å². The smallest absolute Gasteiger partial charge is 0.227 e. The zero-order chi connectivity index (χ0) is 15.7. The summed E-state index contributed by atoms with van der Waals surface area (Å²) in [6.07, 6.45) is 8.88. The van der Waals surface area contributed by atoms with E-state index in [0.29, 0.717) is 23.4 Å². The van der Waals surface area contributed by atoms with E-state index in [-0.39, 0.29) is 11.3 Å². The van der Waals surface area contributed by atoms with Crippen LogP contribution in [0.25, 0.3) is 0 Å². The second kappa shape index (κ2) is 5.91. The Hall–Kier alpha value is -0.570. The number of rotatable bonds is 3. The highest BCUT2D eigenvalue weighted by Crippen LogP contribution is 2.46. The van der Waals surface area contributed by atoms with Crippen LogP contribution in [0.5, 0.6) is 0 Å². The molecule has 0 atom stereocenters. The van der Waals surface area contributed by atoms with Gasteiger partial charge < -0.3 is 11.1 Å². The van der Waals surface area contributed by atoms with Crippen LogP contribution >= 0.6 is 0 Å². The molecule has 0 radical (unpaired) electrons. The van der Waals surface area contributed by atoms with Crippen molar-refractivity contribution in [3.8, 4) is 0 Å². The molecule has 21 heavy (non-hydrogen) atoms. The molecule has 0 aromatic heterocycles. The number of carbonyl (C=O) groups excluding carboxylic acids is 1. The lowest BCUT2D eigenvalue weighted by atomic mass is 9.63. The van der Waals surface area contributed by atoms with Crippen LogP contribution in [0.15, 0.2) is 0 Å². The average molecular weight is 294 g/mol. The molecule has 2 rings (SSSR count). The third-order valence-corrected chi connectivity index (χ3v) is 5.57. The Labute approximate surface area is 130 Å². The normalized spacial score (nSPS) is 28.0. The maximum atomic E-state index is 12.9. The minimum Gasteiger partial charge on any atom is -0.353 e. The van der Waals surface area contributed by atoms with Crippen LogP contribution in [-0.4, -0.2) is 18.5 Å². The molecule has 1 amide bonds. The molecule has 3 nitrogen and oxygen atoms in total. The minimum absolute atomic E-state index is 0.225. The third kappa shape index (κ3) is 4.00. The first-order valence-corrected chi connectivity index (χ1v) is 8.69. The molecule has 2 saturated carbocycles. The van der Waals surface area contributed by atoms with E-state index in [4.69, 9.17) is 5.73 Å². The van der Waals surface area contributed by atoms with Crippen LogP contribution in [0, 0.1) is 16.2 Å². The van der Waals surface area contributed by atoms with Gasteiger partial charge in [0.15, 0.2) is 0 Å². The summed E-state index contributed by atoms with van der Waals surface area (Å²) < 4.78 is 0. The van der Waals surface area contributed by atoms with Gasteiger partial charge in [0.05, 0.1) is 5.41 Å². The van der Waals surface area contributed by atoms with E-state index < -0.39 is 0 Å². The Morgan fingerprint density at radius 2 is 1.57 bits per heavy atom. The van der Waals surface area contributed by atoms with Crippen LogP contribution in [0.4, 0.5) is 0 Å². The Bertz CT molecular complexity index is 365. The number of amides is 1. The Morgan fingerprint density at radius 3 is 2.05 bits per heavy atom. The zero-order valence-corrected chi connectivity index (χ0v) is 14.4. The summed E-state index contributed by atoms with van der Waals surface area (Å²) in [4.78, 5) is 12.9. The first kappa shape index (κ1) is 16.8. The SMILES string of the molecule is CC1(C)CC(NC(=O)C2(CN)CCCCC2)CC(C)(C)C1. The molecule has 0 bridgehead atoms. The van der Waals surface area contributed by atoms with Crippen molar-refractivity contribution >= 4 is 5.91 Å². The van der Waals surface area contributed by atoms with Crippen LogP contribution in [0.1, 0.15) is 79.1 Å². The Kier molecular flexibility index (Phi) is 4.72. The number of hydrogen-bond acceptors (Lipinski definition) is 2. The minimum atomic E-state index is -0.288. The van der Waals surface area contributed by atoms with Gasteiger partial charge in [0.1, 0.15) is 0 Å². The van der Waals surface area contributed by atoms with Crippen molar-refractivity contribution in [1.82, 2.24) is 5.32 Å². The fourth-order valence-corrected chi connectivity index (χ4v) is 5.04. The van der Waals surface area contributed by atoms with Crippen molar-refractivity contribution < 1.29 is 4.79 Å². The van der Waals surface area contributed by atoms with Gasteiger partial charge in [-0.2, -0.15) is 0 Å². The van der Waals surface area contributed by atoms with Crippen molar-refractivity contribution in [1.29, 1.82) is 0 Å². The Morgan fingerprint density at radius 1 is 1.05 bits per heavy atom. The van der Waals surface area contributed by atoms with E-state index in [1.807, 2.05) is 0 Å². The van der Waals surface area contributed by atoms with E-state index in [1.165, 1.54) is 12.8 Å². The van der Waals surface area contributed by atoms with E-state index in [0.717, 1.165) is 38.5 Å². The molecule has 0 spiro atoms. The second-order valence-corrected chi connectivity index (χ2v) is 9.13. The van der Waals surface area contributed by atoms with Crippen LogP contribution < -0.4 is 11.1 Å². The van der Waals surface area contributed by atoms with Crippen molar-refractivity contribution in [2.75, 3.05) is 6.54 Å². The molecule has 0 aromatic carbocycles. The molecule has 2 fully saturated rings. The average Bonchev–Trinajstić information content (AvgIpc) is 2.35. The standard InChI is InChI=1S/C18H34N2O/c1-16(2)10-14(11-17(3,4)12-16)20-15(21)18(13-19)8-6-5-7-9-18/h14H,5-13,19H2,1-4H3,(H,20,21). The third-order valence-electron chi connectivity index (χ3n) is 5.57. The van der Waals surface area contributed by atoms with Gasteiger partial charge in [0.2, 0.25) is 5.91 Å². The summed E-state index contributed by atoms with van der Waals surface area (Å²) in [5.74, 6) is 0.225. The summed E-state index contributed by atoms with van der Waals surface area (Å²) >= 11 is 0. The van der Waals surface area contributed by atoms with Gasteiger partial charge in [0.25, 0.3) is 0 Å². The number of nitrogens with two attached hydrogens (primary N) is 1. The summed E-state index contributed by atoms with van der Waals surface area (Å²) in [7, 11) is 0. The molecule has 3 heteroatoms. The molecule has 122 valence electrons. The van der Waals surface area contributed by atoms with Crippen LogP contribution in [-0.2, 0) is 4.79 Å². The molecule has 0 aromatic rings. The molecular weight excluding hydrogens is 260 g/mol. The Balaban J connectivity index is 2.04. The second-order valence-electron chi connectivity index (χ2n) is 9.13. The predicted molar refractivity (Wildman–Crippen MR) is 87.9 cm³/mol. The predicted octanol–water partition coefficient (Wildman–Crippen LogP) is 3.62. The molecule has 0 unspecified atom stereocenters. The molecule has 3 N–H and O–H groups in total. The van der Waals surface area contributed by atoms with Crippen molar-refractivity contribution in [2.45, 2.75) is 85.1 Å². The van der Waals surface area contributed by atoms with Crippen molar-refractivity contribution in [3.63, 3.8) is 0 Å².